The molecule has 1 aromatic heterocycles. The number of nitrogens with zero attached hydrogens (tertiary/aromatic N) is 2. The monoisotopic (exact) mass is 560 g/mol. The number of hydrogen-bond donors (Lipinski definition) is 0. The van der Waals surface area contributed by atoms with Gasteiger partial charge in [0.1, 0.15) is 0 Å². The quantitative estimate of drug-likeness (QED) is 0.233. The average Bonchev–Trinajstić information content (AvgIpc) is 2.14. The van der Waals surface area contributed by atoms with Crippen molar-refractivity contribution in [2.45, 2.75) is 0 Å². The molecule has 4 nitrogen and oxygen atoms in total. The number of rotatable bonds is 0. The molecule has 0 aliphatic heterocycles. The summed E-state index contributed by atoms with van der Waals surface area (Å²) >= 11 is 0. The predicted octanol–water partition coefficient (Wildman–Crippen LogP) is -8.59. The van der Waals surface area contributed by atoms with Crippen LogP contribution in [0.3, 0.4) is 0 Å². The molecule has 0 fully saturated rings. The maximum absolute atomic E-state index is 7.50. The summed E-state index contributed by atoms with van der Waals surface area (Å²) in [4.78, 5) is 0. The van der Waals surface area contributed by atoms with Crippen molar-refractivity contribution < 1.29 is 80.7 Å². The normalized spacial score (nSPS) is 3.71. The van der Waals surface area contributed by atoms with E-state index >= 15 is 0 Å². The molecular formula is C6H4Br3N2O2Re-3. The third-order valence-electron chi connectivity index (χ3n) is 0.483. The van der Waals surface area contributed by atoms with Gasteiger partial charge in [-0.25, -0.2) is 0 Å². The first-order chi connectivity index (χ1) is 5.00. The zero-order chi connectivity index (χ0) is 8.24. The van der Waals surface area contributed by atoms with Crippen LogP contribution < -0.4 is 50.9 Å². The molecule has 14 heavy (non-hydrogen) atoms. The molecule has 0 aromatic carbocycles. The maximum Gasteiger partial charge on any atom is 0.0496 e. The van der Waals surface area contributed by atoms with Crippen molar-refractivity contribution in [3.63, 3.8) is 0 Å². The molecule has 0 saturated heterocycles. The molecule has 0 aliphatic carbocycles. The van der Waals surface area contributed by atoms with E-state index in [4.69, 9.17) is 9.30 Å². The first kappa shape index (κ1) is 36.5. The van der Waals surface area contributed by atoms with Crippen molar-refractivity contribution in [1.82, 2.24) is 10.2 Å². The Kier molecular flexibility index (Phi) is 129. The van der Waals surface area contributed by atoms with Gasteiger partial charge in [0.15, 0.2) is 0 Å². The third kappa shape index (κ3) is 38.8. The topological polar surface area (TPSA) is 65.6 Å². The summed E-state index contributed by atoms with van der Waals surface area (Å²) in [5.74, 6) is 0. The van der Waals surface area contributed by atoms with Crippen LogP contribution >= 0.6 is 0 Å². The van der Waals surface area contributed by atoms with Gasteiger partial charge >= 0.3 is 22.6 Å². The molecule has 0 bridgehead atoms. The van der Waals surface area contributed by atoms with Crippen LogP contribution in [0.1, 0.15) is 0 Å². The Morgan fingerprint density at radius 3 is 1.00 bits per heavy atom. The van der Waals surface area contributed by atoms with Crippen LogP contribution in [0.2, 0.25) is 0 Å². The summed E-state index contributed by atoms with van der Waals surface area (Å²) < 4.78 is 15.0. The molecule has 8 heteroatoms. The van der Waals surface area contributed by atoms with E-state index in [2.05, 4.69) is 23.5 Å². The van der Waals surface area contributed by atoms with Crippen molar-refractivity contribution in [2.24, 2.45) is 0 Å². The maximum atomic E-state index is 7.50. The van der Waals surface area contributed by atoms with Crippen molar-refractivity contribution >= 4 is 0 Å². The molecule has 1 heterocycles. The molecule has 0 spiro atoms. The standard InChI is InChI=1S/C4H4N2.2CO.3BrH.Re/c1-2-4-6-5-3-1;2*1-2;;;;/h1-4H;;;3*1H;/p-3. The fourth-order valence-corrected chi connectivity index (χ4v) is 0.253. The fourth-order valence-electron chi connectivity index (χ4n) is 0.253. The molecule has 1 radical (unpaired) electrons. The minimum atomic E-state index is 0. The van der Waals surface area contributed by atoms with Crippen molar-refractivity contribution in [3.8, 4) is 0 Å². The zero-order valence-corrected chi connectivity index (χ0v) is 14.0. The Bertz CT molecular complexity index is 153. The van der Waals surface area contributed by atoms with Crippen LogP contribution in [0.25, 0.3) is 0 Å². The van der Waals surface area contributed by atoms with Gasteiger partial charge in [0.2, 0.25) is 0 Å². The molecule has 0 unspecified atom stereocenters. The first-order valence-electron chi connectivity index (χ1n) is 2.12. The van der Waals surface area contributed by atoms with E-state index in [1.165, 1.54) is 0 Å². The second-order valence-electron chi connectivity index (χ2n) is 0.914. The second kappa shape index (κ2) is 49.4. The Balaban J connectivity index is -0.0000000183. The smallest absolute Gasteiger partial charge is 0.0496 e. The Labute approximate surface area is 128 Å². The zero-order valence-electron chi connectivity index (χ0n) is 6.53. The van der Waals surface area contributed by atoms with Crippen molar-refractivity contribution in [1.29, 1.82) is 0 Å². The van der Waals surface area contributed by atoms with E-state index < -0.39 is 0 Å². The van der Waals surface area contributed by atoms with Crippen LogP contribution in [-0.2, 0) is 29.7 Å². The minimum Gasteiger partial charge on any atom is -0.159 e. The fraction of sp³-hybridized carbons (Fsp3) is 0. The van der Waals surface area contributed by atoms with E-state index in [1.807, 2.05) is 12.1 Å². The van der Waals surface area contributed by atoms with Gasteiger partial charge in [0, 0.05) is 32.8 Å². The number of halogens is 3. The average molecular weight is 562 g/mol. The Morgan fingerprint density at radius 1 is 0.714 bits per heavy atom. The van der Waals surface area contributed by atoms with E-state index in [0.29, 0.717) is 0 Å². The molecule has 0 saturated carbocycles. The van der Waals surface area contributed by atoms with Gasteiger partial charge in [-0.05, 0) is 12.1 Å². The van der Waals surface area contributed by atoms with Crippen LogP contribution in [0, 0.1) is 13.3 Å². The summed E-state index contributed by atoms with van der Waals surface area (Å²) in [6.07, 6.45) is 3.28. The van der Waals surface area contributed by atoms with Crippen LogP contribution in [0.15, 0.2) is 24.5 Å². The van der Waals surface area contributed by atoms with Crippen molar-refractivity contribution in [3.05, 3.63) is 37.8 Å². The van der Waals surface area contributed by atoms with Gasteiger partial charge in [-0.2, -0.15) is 10.2 Å². The van der Waals surface area contributed by atoms with E-state index in [0.717, 1.165) is 0 Å². The molecule has 0 atom stereocenters. The predicted molar refractivity (Wildman–Crippen MR) is 29.9 cm³/mol. The SMILES string of the molecule is [Br-].[Br-].[Br-].[C-]#[O+].[C-]#[O+].[Re].c1ccnnc1. The third-order valence-corrected chi connectivity index (χ3v) is 0.483. The molecule has 0 aliphatic rings. The van der Waals surface area contributed by atoms with Gasteiger partial charge in [0.25, 0.3) is 0 Å². The number of hydrogen-bond acceptors (Lipinski definition) is 2. The molecule has 81 valence electrons. The summed E-state index contributed by atoms with van der Waals surface area (Å²) in [5.41, 5.74) is 0. The minimum absolute atomic E-state index is 0. The van der Waals surface area contributed by atoms with Gasteiger partial charge in [-0.15, -0.1) is 0 Å². The van der Waals surface area contributed by atoms with Crippen molar-refractivity contribution in [2.75, 3.05) is 0 Å². The number of aromatic nitrogens is 2. The summed E-state index contributed by atoms with van der Waals surface area (Å²) in [6, 6.07) is 3.65. The van der Waals surface area contributed by atoms with E-state index in [9.17, 15) is 0 Å². The Hall–Kier alpha value is 0.662. The molecule has 1 aromatic rings. The molecule has 0 N–H and O–H groups in total. The Morgan fingerprint density at radius 2 is 0.929 bits per heavy atom. The van der Waals surface area contributed by atoms with Gasteiger partial charge < -0.3 is 50.9 Å². The first-order valence-corrected chi connectivity index (χ1v) is 2.12. The largest absolute Gasteiger partial charge is 0.159 e. The van der Waals surface area contributed by atoms with E-state index in [1.54, 1.807) is 12.4 Å². The summed E-state index contributed by atoms with van der Waals surface area (Å²) in [5, 5.41) is 7.07. The van der Waals surface area contributed by atoms with Gasteiger partial charge in [-0.1, -0.05) is 0 Å². The van der Waals surface area contributed by atoms with E-state index in [-0.39, 0.29) is 71.4 Å². The second-order valence-corrected chi connectivity index (χ2v) is 0.914. The molecule has 0 amide bonds. The molecule has 1 rings (SSSR count). The van der Waals surface area contributed by atoms with Crippen LogP contribution in [0.5, 0.6) is 0 Å². The summed E-state index contributed by atoms with van der Waals surface area (Å²) in [6.45, 7) is 9.00. The van der Waals surface area contributed by atoms with Crippen LogP contribution in [-0.4, -0.2) is 10.2 Å². The van der Waals surface area contributed by atoms with Crippen LogP contribution in [0.4, 0.5) is 0 Å². The molecular weight excluding hydrogens is 558 g/mol. The summed E-state index contributed by atoms with van der Waals surface area (Å²) in [7, 11) is 0. The van der Waals surface area contributed by atoms with Gasteiger partial charge in [0.05, 0.1) is 0 Å². The van der Waals surface area contributed by atoms with Gasteiger partial charge in [-0.3, -0.25) is 0 Å².